The Labute approximate surface area is 137 Å². The molecule has 0 saturated heterocycles. The Bertz CT molecular complexity index is 752. The molecule has 2 rings (SSSR count). The average Bonchev–Trinajstić information content (AvgIpc) is 2.56. The fourth-order valence-corrected chi connectivity index (χ4v) is 2.64. The first-order valence-electron chi connectivity index (χ1n) is 6.72. The highest BCUT2D eigenvalue weighted by atomic mass is 32.2. The maximum atomic E-state index is 12.1. The first-order valence-corrected chi connectivity index (χ1v) is 7.59. The molecule has 0 aliphatic rings. The van der Waals surface area contributed by atoms with Crippen LogP contribution in [-0.2, 0) is 4.79 Å². The van der Waals surface area contributed by atoms with Crippen LogP contribution in [0.15, 0.2) is 53.4 Å². The summed E-state index contributed by atoms with van der Waals surface area (Å²) in [6, 6.07) is 14.7. The van der Waals surface area contributed by atoms with Crippen LogP contribution in [-0.4, -0.2) is 16.1 Å². The van der Waals surface area contributed by atoms with Crippen molar-refractivity contribution in [2.24, 2.45) is 0 Å². The number of thioether (sulfide) groups is 1. The maximum absolute atomic E-state index is 12.1. The molecule has 2 aromatic carbocycles. The molecule has 1 amide bonds. The lowest BCUT2D eigenvalue weighted by Crippen LogP contribution is -2.22. The normalized spacial score (nSPS) is 11.3. The molecule has 6 nitrogen and oxygen atoms in total. The van der Waals surface area contributed by atoms with Crippen LogP contribution in [0.1, 0.15) is 12.5 Å². The number of nitro groups is 1. The number of hydrogen-bond acceptors (Lipinski definition) is 5. The second-order valence-electron chi connectivity index (χ2n) is 4.69. The molecule has 0 heterocycles. The van der Waals surface area contributed by atoms with Crippen molar-refractivity contribution in [3.05, 3.63) is 64.2 Å². The molecule has 23 heavy (non-hydrogen) atoms. The van der Waals surface area contributed by atoms with Crippen LogP contribution in [0.3, 0.4) is 0 Å². The second-order valence-corrected chi connectivity index (χ2v) is 6.10. The Kier molecular flexibility index (Phi) is 5.33. The van der Waals surface area contributed by atoms with Gasteiger partial charge in [-0.2, -0.15) is 5.26 Å². The van der Waals surface area contributed by atoms with Crippen LogP contribution >= 0.6 is 11.8 Å². The van der Waals surface area contributed by atoms with Crippen molar-refractivity contribution in [2.45, 2.75) is 17.1 Å². The number of rotatable bonds is 5. The predicted molar refractivity (Wildman–Crippen MR) is 88.2 cm³/mol. The lowest BCUT2D eigenvalue weighted by Gasteiger charge is -2.12. The molecule has 0 aromatic heterocycles. The molecule has 0 fully saturated rings. The van der Waals surface area contributed by atoms with Gasteiger partial charge in [0.15, 0.2) is 0 Å². The van der Waals surface area contributed by atoms with Gasteiger partial charge in [-0.1, -0.05) is 0 Å². The Hall–Kier alpha value is -2.85. The minimum absolute atomic E-state index is 0.0176. The van der Waals surface area contributed by atoms with Crippen LogP contribution in [0.25, 0.3) is 0 Å². The molecule has 0 radical (unpaired) electrons. The van der Waals surface area contributed by atoms with E-state index in [0.717, 1.165) is 4.90 Å². The van der Waals surface area contributed by atoms with Gasteiger partial charge in [-0.25, -0.2) is 0 Å². The summed E-state index contributed by atoms with van der Waals surface area (Å²) in [4.78, 5) is 23.1. The number of carbonyl (C=O) groups excluding carboxylic acids is 1. The monoisotopic (exact) mass is 327 g/mol. The number of nitriles is 1. The van der Waals surface area contributed by atoms with E-state index in [0.29, 0.717) is 11.3 Å². The quantitative estimate of drug-likeness (QED) is 0.514. The van der Waals surface area contributed by atoms with Crippen molar-refractivity contribution in [3.63, 3.8) is 0 Å². The van der Waals surface area contributed by atoms with Crippen molar-refractivity contribution < 1.29 is 9.72 Å². The topological polar surface area (TPSA) is 96.0 Å². The van der Waals surface area contributed by atoms with Crippen LogP contribution in [0, 0.1) is 21.4 Å². The Morgan fingerprint density at radius 1 is 1.22 bits per heavy atom. The smallest absolute Gasteiger partial charge is 0.269 e. The van der Waals surface area contributed by atoms with Crippen LogP contribution < -0.4 is 5.32 Å². The van der Waals surface area contributed by atoms with Crippen molar-refractivity contribution >= 4 is 29.0 Å². The minimum Gasteiger partial charge on any atom is -0.325 e. The fourth-order valence-electron chi connectivity index (χ4n) is 1.78. The number of anilines is 1. The molecular weight excluding hydrogens is 314 g/mol. The van der Waals surface area contributed by atoms with Gasteiger partial charge in [0.25, 0.3) is 5.69 Å². The lowest BCUT2D eigenvalue weighted by molar-refractivity contribution is -0.384. The summed E-state index contributed by atoms with van der Waals surface area (Å²) in [6.07, 6.45) is 0. The van der Waals surface area contributed by atoms with Gasteiger partial charge in [-0.05, 0) is 43.3 Å². The third-order valence-electron chi connectivity index (χ3n) is 3.01. The zero-order valence-electron chi connectivity index (χ0n) is 12.2. The third kappa shape index (κ3) is 4.56. The van der Waals surface area contributed by atoms with Gasteiger partial charge in [0.1, 0.15) is 0 Å². The highest BCUT2D eigenvalue weighted by molar-refractivity contribution is 8.00. The van der Waals surface area contributed by atoms with Crippen LogP contribution in [0.5, 0.6) is 0 Å². The van der Waals surface area contributed by atoms with E-state index >= 15 is 0 Å². The van der Waals surface area contributed by atoms with Gasteiger partial charge in [-0.15, -0.1) is 11.8 Å². The Balaban J connectivity index is 1.96. The fraction of sp³-hybridized carbons (Fsp3) is 0.125. The number of hydrogen-bond donors (Lipinski definition) is 1. The van der Waals surface area contributed by atoms with Crippen molar-refractivity contribution in [2.75, 3.05) is 5.32 Å². The van der Waals surface area contributed by atoms with Gasteiger partial charge in [0.2, 0.25) is 5.91 Å². The first kappa shape index (κ1) is 16.5. The molecule has 7 heteroatoms. The van der Waals surface area contributed by atoms with Gasteiger partial charge in [-0.3, -0.25) is 14.9 Å². The third-order valence-corrected chi connectivity index (χ3v) is 4.12. The molecule has 0 spiro atoms. The number of nitrogens with one attached hydrogen (secondary N) is 1. The minimum atomic E-state index is -0.463. The van der Waals surface area contributed by atoms with Crippen LogP contribution in [0.4, 0.5) is 11.4 Å². The van der Waals surface area contributed by atoms with Crippen LogP contribution in [0.2, 0.25) is 0 Å². The van der Waals surface area contributed by atoms with Crippen molar-refractivity contribution in [3.8, 4) is 6.07 Å². The molecule has 0 bridgehead atoms. The molecule has 116 valence electrons. The van der Waals surface area contributed by atoms with Gasteiger partial charge in [0, 0.05) is 22.7 Å². The van der Waals surface area contributed by atoms with E-state index in [1.807, 2.05) is 6.07 Å². The maximum Gasteiger partial charge on any atom is 0.269 e. The van der Waals surface area contributed by atoms with Crippen molar-refractivity contribution in [1.29, 1.82) is 5.26 Å². The summed E-state index contributed by atoms with van der Waals surface area (Å²) in [5.41, 5.74) is 1.16. The molecule has 0 aliphatic heterocycles. The average molecular weight is 327 g/mol. The first-order chi connectivity index (χ1) is 11.0. The summed E-state index contributed by atoms with van der Waals surface area (Å²) in [5.74, 6) is -0.182. The molecule has 1 unspecified atom stereocenters. The molecule has 0 saturated carbocycles. The van der Waals surface area contributed by atoms with E-state index in [1.165, 1.54) is 23.9 Å². The van der Waals surface area contributed by atoms with E-state index in [2.05, 4.69) is 5.32 Å². The second kappa shape index (κ2) is 7.42. The van der Waals surface area contributed by atoms with E-state index in [1.54, 1.807) is 43.3 Å². The largest absolute Gasteiger partial charge is 0.325 e. The number of carbonyl (C=O) groups is 1. The standard InChI is InChI=1S/C16H13N3O3S/c1-11(23-15-8-6-14(7-9-15)19(21)22)16(20)18-13-4-2-12(10-17)3-5-13/h2-9,11H,1H3,(H,18,20). The zero-order chi connectivity index (χ0) is 16.8. The molecular formula is C16H13N3O3S. The van der Waals surface area contributed by atoms with Gasteiger partial charge < -0.3 is 5.32 Å². The number of benzene rings is 2. The van der Waals surface area contributed by atoms with E-state index in [4.69, 9.17) is 5.26 Å². The summed E-state index contributed by atoms with van der Waals surface area (Å²) >= 11 is 1.31. The molecule has 1 N–H and O–H groups in total. The molecule has 1 atom stereocenters. The number of non-ortho nitro benzene ring substituents is 1. The van der Waals surface area contributed by atoms with Gasteiger partial charge >= 0.3 is 0 Å². The summed E-state index contributed by atoms with van der Waals surface area (Å²) in [6.45, 7) is 1.76. The molecule has 2 aromatic rings. The SMILES string of the molecule is CC(Sc1ccc([N+](=O)[O-])cc1)C(=O)Nc1ccc(C#N)cc1. The van der Waals surface area contributed by atoms with E-state index in [-0.39, 0.29) is 16.8 Å². The Morgan fingerprint density at radius 2 is 1.83 bits per heavy atom. The number of amides is 1. The van der Waals surface area contributed by atoms with E-state index in [9.17, 15) is 14.9 Å². The lowest BCUT2D eigenvalue weighted by atomic mass is 10.2. The molecule has 0 aliphatic carbocycles. The number of nitro benzene ring substituents is 1. The van der Waals surface area contributed by atoms with E-state index < -0.39 is 4.92 Å². The van der Waals surface area contributed by atoms with Crippen molar-refractivity contribution in [1.82, 2.24) is 0 Å². The zero-order valence-corrected chi connectivity index (χ0v) is 13.0. The van der Waals surface area contributed by atoms with Gasteiger partial charge in [0.05, 0.1) is 21.8 Å². The highest BCUT2D eigenvalue weighted by Gasteiger charge is 2.15. The Morgan fingerprint density at radius 3 is 2.35 bits per heavy atom. The summed E-state index contributed by atoms with van der Waals surface area (Å²) in [7, 11) is 0. The summed E-state index contributed by atoms with van der Waals surface area (Å²) in [5, 5.41) is 21.7. The summed E-state index contributed by atoms with van der Waals surface area (Å²) < 4.78 is 0. The highest BCUT2D eigenvalue weighted by Crippen LogP contribution is 2.26. The predicted octanol–water partition coefficient (Wildman–Crippen LogP) is 3.59. The number of nitrogens with zero attached hydrogens (tertiary/aromatic N) is 2.